The molecule has 1 aromatic carbocycles. The van der Waals surface area contributed by atoms with E-state index in [2.05, 4.69) is 0 Å². The summed E-state index contributed by atoms with van der Waals surface area (Å²) in [5, 5.41) is 9.11. The first-order chi connectivity index (χ1) is 9.49. The van der Waals surface area contributed by atoms with Crippen LogP contribution in [0.15, 0.2) is 24.3 Å². The van der Waals surface area contributed by atoms with Crippen LogP contribution in [0.5, 0.6) is 5.75 Å². The van der Waals surface area contributed by atoms with Crippen LogP contribution in [-0.2, 0) is 4.79 Å². The van der Waals surface area contributed by atoms with Gasteiger partial charge in [0.15, 0.2) is 0 Å². The smallest absolute Gasteiger partial charge is 0.326 e. The molecule has 1 heterocycles. The highest BCUT2D eigenvalue weighted by Gasteiger charge is 2.34. The fourth-order valence-electron chi connectivity index (χ4n) is 2.38. The number of hydrogen-bond acceptors (Lipinski definition) is 3. The molecule has 5 heteroatoms. The van der Waals surface area contributed by atoms with Crippen molar-refractivity contribution in [3.8, 4) is 5.75 Å². The molecule has 0 radical (unpaired) electrons. The molecule has 0 aromatic heterocycles. The van der Waals surface area contributed by atoms with Crippen LogP contribution in [0, 0.1) is 0 Å². The number of aliphatic carboxylic acids is 1. The number of carbonyl (C=O) groups excluding carboxylic acids is 1. The fourth-order valence-corrected chi connectivity index (χ4v) is 2.38. The van der Waals surface area contributed by atoms with Crippen LogP contribution in [0.3, 0.4) is 0 Å². The van der Waals surface area contributed by atoms with Gasteiger partial charge in [0.25, 0.3) is 5.91 Å². The van der Waals surface area contributed by atoms with E-state index in [0.29, 0.717) is 24.3 Å². The monoisotopic (exact) mass is 277 g/mol. The molecule has 0 bridgehead atoms. The number of rotatable bonds is 4. The van der Waals surface area contributed by atoms with E-state index in [1.165, 1.54) is 4.90 Å². The van der Waals surface area contributed by atoms with Gasteiger partial charge in [0, 0.05) is 12.1 Å². The molecule has 1 saturated heterocycles. The number of carboxylic acids is 1. The molecule has 1 atom stereocenters. The molecular weight excluding hydrogens is 258 g/mol. The van der Waals surface area contributed by atoms with Gasteiger partial charge in [-0.3, -0.25) is 4.79 Å². The predicted molar refractivity (Wildman–Crippen MR) is 73.9 cm³/mol. The summed E-state index contributed by atoms with van der Waals surface area (Å²) in [6.45, 7) is 4.36. The van der Waals surface area contributed by atoms with Crippen molar-refractivity contribution >= 4 is 11.9 Å². The molecule has 0 aliphatic carbocycles. The zero-order valence-electron chi connectivity index (χ0n) is 11.7. The van der Waals surface area contributed by atoms with Crippen molar-refractivity contribution in [2.45, 2.75) is 38.8 Å². The topological polar surface area (TPSA) is 66.8 Å². The second-order valence-electron chi connectivity index (χ2n) is 5.19. The maximum atomic E-state index is 12.3. The number of carboxylic acid groups (broad SMARTS) is 1. The van der Waals surface area contributed by atoms with E-state index in [-0.39, 0.29) is 12.0 Å². The molecule has 0 saturated carbocycles. The summed E-state index contributed by atoms with van der Waals surface area (Å²) < 4.78 is 5.51. The average Bonchev–Trinajstić information content (AvgIpc) is 2.87. The van der Waals surface area contributed by atoms with Crippen LogP contribution in [0.25, 0.3) is 0 Å². The maximum Gasteiger partial charge on any atom is 0.326 e. The largest absolute Gasteiger partial charge is 0.491 e. The quantitative estimate of drug-likeness (QED) is 0.915. The molecule has 2 rings (SSSR count). The lowest BCUT2D eigenvalue weighted by Crippen LogP contribution is -2.40. The zero-order valence-corrected chi connectivity index (χ0v) is 11.7. The Hall–Kier alpha value is -2.04. The molecule has 1 N–H and O–H groups in total. The van der Waals surface area contributed by atoms with Crippen molar-refractivity contribution < 1.29 is 19.4 Å². The van der Waals surface area contributed by atoms with Crippen molar-refractivity contribution in [2.24, 2.45) is 0 Å². The lowest BCUT2D eigenvalue weighted by molar-refractivity contribution is -0.141. The Bertz CT molecular complexity index is 495. The van der Waals surface area contributed by atoms with Gasteiger partial charge in [-0.25, -0.2) is 4.79 Å². The molecule has 108 valence electrons. The molecular formula is C15H19NO4. The third kappa shape index (κ3) is 3.10. The highest BCUT2D eigenvalue weighted by atomic mass is 16.5. The molecule has 1 fully saturated rings. The molecule has 1 aliphatic rings. The van der Waals surface area contributed by atoms with E-state index >= 15 is 0 Å². The number of carbonyl (C=O) groups is 2. The number of hydrogen-bond donors (Lipinski definition) is 1. The summed E-state index contributed by atoms with van der Waals surface area (Å²) in [5.74, 6) is -0.464. The first-order valence-corrected chi connectivity index (χ1v) is 6.79. The first-order valence-electron chi connectivity index (χ1n) is 6.79. The highest BCUT2D eigenvalue weighted by Crippen LogP contribution is 2.21. The Morgan fingerprint density at radius 2 is 1.95 bits per heavy atom. The Balaban J connectivity index is 2.11. The number of amides is 1. The van der Waals surface area contributed by atoms with Gasteiger partial charge in [-0.2, -0.15) is 0 Å². The number of nitrogens with zero attached hydrogens (tertiary/aromatic N) is 1. The van der Waals surface area contributed by atoms with Gasteiger partial charge in [-0.15, -0.1) is 0 Å². The van der Waals surface area contributed by atoms with Crippen LogP contribution in [0.2, 0.25) is 0 Å². The molecule has 0 spiro atoms. The van der Waals surface area contributed by atoms with Crippen LogP contribution in [0.1, 0.15) is 37.0 Å². The minimum absolute atomic E-state index is 0.0755. The standard InChI is InChI=1S/C15H19NO4/c1-10(2)20-12-7-5-11(6-8-12)14(17)16-9-3-4-13(16)15(18)19/h5-8,10,13H,3-4,9H2,1-2H3,(H,18,19)/t13-/m1/s1. The van der Waals surface area contributed by atoms with Crippen molar-refractivity contribution in [1.82, 2.24) is 4.90 Å². The summed E-state index contributed by atoms with van der Waals surface area (Å²) in [4.78, 5) is 24.9. The first kappa shape index (κ1) is 14.4. The van der Waals surface area contributed by atoms with Gasteiger partial charge in [-0.1, -0.05) is 0 Å². The van der Waals surface area contributed by atoms with Crippen molar-refractivity contribution in [2.75, 3.05) is 6.54 Å². The molecule has 1 aromatic rings. The van der Waals surface area contributed by atoms with Gasteiger partial charge >= 0.3 is 5.97 Å². The maximum absolute atomic E-state index is 12.3. The minimum Gasteiger partial charge on any atom is -0.491 e. The normalized spacial score (nSPS) is 18.4. The van der Waals surface area contributed by atoms with Crippen molar-refractivity contribution in [1.29, 1.82) is 0 Å². The Morgan fingerprint density at radius 3 is 2.50 bits per heavy atom. The second kappa shape index (κ2) is 5.94. The number of ether oxygens (including phenoxy) is 1. The SMILES string of the molecule is CC(C)Oc1ccc(C(=O)N2CCC[C@@H]2C(=O)O)cc1. The van der Waals surface area contributed by atoms with Gasteiger partial charge in [0.2, 0.25) is 0 Å². The van der Waals surface area contributed by atoms with Crippen molar-refractivity contribution in [3.63, 3.8) is 0 Å². The lowest BCUT2D eigenvalue weighted by Gasteiger charge is -2.21. The molecule has 20 heavy (non-hydrogen) atoms. The summed E-state index contributed by atoms with van der Waals surface area (Å²) >= 11 is 0. The van der Waals surface area contributed by atoms with Crippen LogP contribution in [0.4, 0.5) is 0 Å². The van der Waals surface area contributed by atoms with E-state index in [1.807, 2.05) is 13.8 Å². The molecule has 1 aliphatic heterocycles. The highest BCUT2D eigenvalue weighted by molar-refractivity contribution is 5.97. The number of benzene rings is 1. The second-order valence-corrected chi connectivity index (χ2v) is 5.19. The van der Waals surface area contributed by atoms with E-state index in [9.17, 15) is 9.59 Å². The Labute approximate surface area is 118 Å². The van der Waals surface area contributed by atoms with Crippen LogP contribution in [-0.4, -0.2) is 40.6 Å². The third-order valence-electron chi connectivity index (χ3n) is 3.27. The van der Waals surface area contributed by atoms with E-state index in [4.69, 9.17) is 9.84 Å². The molecule has 1 amide bonds. The molecule has 0 unspecified atom stereocenters. The number of likely N-dealkylation sites (tertiary alicyclic amines) is 1. The zero-order chi connectivity index (χ0) is 14.7. The summed E-state index contributed by atoms with van der Waals surface area (Å²) in [6.07, 6.45) is 1.33. The van der Waals surface area contributed by atoms with E-state index < -0.39 is 12.0 Å². The van der Waals surface area contributed by atoms with Gasteiger partial charge < -0.3 is 14.7 Å². The lowest BCUT2D eigenvalue weighted by atomic mass is 10.1. The van der Waals surface area contributed by atoms with E-state index in [1.54, 1.807) is 24.3 Å². The van der Waals surface area contributed by atoms with Crippen molar-refractivity contribution in [3.05, 3.63) is 29.8 Å². The van der Waals surface area contributed by atoms with Crippen LogP contribution >= 0.6 is 0 Å². The Kier molecular flexibility index (Phi) is 4.27. The Morgan fingerprint density at radius 1 is 1.30 bits per heavy atom. The van der Waals surface area contributed by atoms with Gasteiger partial charge in [-0.05, 0) is 51.0 Å². The minimum atomic E-state index is -0.935. The van der Waals surface area contributed by atoms with E-state index in [0.717, 1.165) is 6.42 Å². The molecule has 5 nitrogen and oxygen atoms in total. The fraction of sp³-hybridized carbons (Fsp3) is 0.467. The van der Waals surface area contributed by atoms with Gasteiger partial charge in [0.05, 0.1) is 6.10 Å². The van der Waals surface area contributed by atoms with Gasteiger partial charge in [0.1, 0.15) is 11.8 Å². The summed E-state index contributed by atoms with van der Waals surface area (Å²) in [5.41, 5.74) is 0.495. The summed E-state index contributed by atoms with van der Waals surface area (Å²) in [7, 11) is 0. The van der Waals surface area contributed by atoms with Crippen LogP contribution < -0.4 is 4.74 Å². The average molecular weight is 277 g/mol. The predicted octanol–water partition coefficient (Wildman–Crippen LogP) is 2.16. The third-order valence-corrected chi connectivity index (χ3v) is 3.27. The summed E-state index contributed by atoms with van der Waals surface area (Å²) in [6, 6.07) is 6.13.